The molecule has 0 radical (unpaired) electrons. The van der Waals surface area contributed by atoms with Crippen molar-refractivity contribution in [3.8, 4) is 11.5 Å². The van der Waals surface area contributed by atoms with E-state index in [1.807, 2.05) is 49.4 Å². The third-order valence-corrected chi connectivity index (χ3v) is 4.86. The molecule has 134 valence electrons. The number of nitrogens with one attached hydrogen (secondary N) is 1. The van der Waals surface area contributed by atoms with Crippen LogP contribution in [0.15, 0.2) is 72.8 Å². The second kappa shape index (κ2) is 6.65. The van der Waals surface area contributed by atoms with Crippen molar-refractivity contribution in [2.75, 3.05) is 0 Å². The lowest BCUT2D eigenvalue weighted by molar-refractivity contribution is 0.0937. The van der Waals surface area contributed by atoms with Crippen molar-refractivity contribution in [3.05, 3.63) is 83.9 Å². The molecule has 0 bridgehead atoms. The maximum Gasteiger partial charge on any atom is 0.255 e. The van der Waals surface area contributed by atoms with Crippen LogP contribution in [0.1, 0.15) is 28.9 Å². The lowest BCUT2D eigenvalue weighted by atomic mass is 9.99. The summed E-state index contributed by atoms with van der Waals surface area (Å²) in [5, 5.41) is 26.6. The molecule has 0 aliphatic heterocycles. The summed E-state index contributed by atoms with van der Waals surface area (Å²) < 4.78 is 0. The molecule has 4 heteroatoms. The van der Waals surface area contributed by atoms with Crippen LogP contribution in [-0.2, 0) is 0 Å². The van der Waals surface area contributed by atoms with E-state index in [4.69, 9.17) is 0 Å². The number of hydrogen-bond acceptors (Lipinski definition) is 3. The van der Waals surface area contributed by atoms with Gasteiger partial charge >= 0.3 is 0 Å². The Labute approximate surface area is 156 Å². The van der Waals surface area contributed by atoms with Crippen LogP contribution >= 0.6 is 0 Å². The molecule has 0 unspecified atom stereocenters. The first-order chi connectivity index (χ1) is 13.0. The van der Waals surface area contributed by atoms with E-state index in [0.29, 0.717) is 5.39 Å². The van der Waals surface area contributed by atoms with Crippen molar-refractivity contribution in [1.82, 2.24) is 5.32 Å². The molecule has 4 rings (SSSR count). The molecule has 1 atom stereocenters. The minimum absolute atomic E-state index is 0.0412. The Balaban J connectivity index is 1.67. The molecule has 27 heavy (non-hydrogen) atoms. The zero-order valence-electron chi connectivity index (χ0n) is 14.8. The first kappa shape index (κ1) is 16.9. The fraction of sp³-hybridized carbons (Fsp3) is 0.0870. The van der Waals surface area contributed by atoms with E-state index in [1.54, 1.807) is 24.3 Å². The minimum atomic E-state index is -0.363. The van der Waals surface area contributed by atoms with Gasteiger partial charge in [-0.25, -0.2) is 0 Å². The van der Waals surface area contributed by atoms with Gasteiger partial charge in [0.2, 0.25) is 0 Å². The quantitative estimate of drug-likeness (QED) is 0.489. The third kappa shape index (κ3) is 3.06. The monoisotopic (exact) mass is 357 g/mol. The number of fused-ring (bicyclic) bond motifs is 2. The number of benzene rings is 4. The van der Waals surface area contributed by atoms with Crippen molar-refractivity contribution < 1.29 is 15.0 Å². The summed E-state index contributed by atoms with van der Waals surface area (Å²) in [4.78, 5) is 12.8. The van der Waals surface area contributed by atoms with Crippen LogP contribution in [0.2, 0.25) is 0 Å². The standard InChI is InChI=1S/C23H19NO3/c1-14(18-8-4-6-15-5-2-3-7-19(15)18)24-23(27)20-12-10-16-9-11-17(25)13-21(16)22(20)26/h2-14,25-26H,1H3,(H,24,27)/t14-/m1/s1. The van der Waals surface area contributed by atoms with Crippen LogP contribution in [0.4, 0.5) is 0 Å². The zero-order chi connectivity index (χ0) is 19.0. The summed E-state index contributed by atoms with van der Waals surface area (Å²) in [5.41, 5.74) is 1.19. The molecule has 0 saturated heterocycles. The van der Waals surface area contributed by atoms with Crippen molar-refractivity contribution in [2.24, 2.45) is 0 Å². The van der Waals surface area contributed by atoms with Gasteiger partial charge < -0.3 is 15.5 Å². The van der Waals surface area contributed by atoms with Gasteiger partial charge in [-0.1, -0.05) is 54.6 Å². The Bertz CT molecular complexity index is 1160. The van der Waals surface area contributed by atoms with Crippen molar-refractivity contribution in [3.63, 3.8) is 0 Å². The molecule has 0 spiro atoms. The maximum absolute atomic E-state index is 12.8. The summed E-state index contributed by atoms with van der Waals surface area (Å²) in [6.07, 6.45) is 0. The molecule has 0 aromatic heterocycles. The molecular formula is C23H19NO3. The van der Waals surface area contributed by atoms with E-state index in [2.05, 4.69) is 5.32 Å². The molecule has 4 nitrogen and oxygen atoms in total. The van der Waals surface area contributed by atoms with E-state index < -0.39 is 0 Å². The lowest BCUT2D eigenvalue weighted by Crippen LogP contribution is -2.26. The number of carbonyl (C=O) groups is 1. The van der Waals surface area contributed by atoms with Gasteiger partial charge in [0.25, 0.3) is 5.91 Å². The Morgan fingerprint density at radius 2 is 1.56 bits per heavy atom. The van der Waals surface area contributed by atoms with E-state index in [0.717, 1.165) is 21.7 Å². The van der Waals surface area contributed by atoms with Gasteiger partial charge in [0.05, 0.1) is 11.6 Å². The predicted octanol–water partition coefficient (Wildman–Crippen LogP) is 4.90. The highest BCUT2D eigenvalue weighted by molar-refractivity contribution is 6.04. The molecule has 1 amide bonds. The van der Waals surface area contributed by atoms with Crippen LogP contribution in [0.25, 0.3) is 21.5 Å². The van der Waals surface area contributed by atoms with Crippen LogP contribution in [-0.4, -0.2) is 16.1 Å². The highest BCUT2D eigenvalue weighted by Gasteiger charge is 2.18. The van der Waals surface area contributed by atoms with Gasteiger partial charge in [-0.15, -0.1) is 0 Å². The average molecular weight is 357 g/mol. The largest absolute Gasteiger partial charge is 0.508 e. The first-order valence-electron chi connectivity index (χ1n) is 8.78. The Kier molecular flexibility index (Phi) is 4.16. The molecule has 0 fully saturated rings. The Morgan fingerprint density at radius 3 is 2.41 bits per heavy atom. The molecule has 0 aliphatic rings. The number of amides is 1. The zero-order valence-corrected chi connectivity index (χ0v) is 14.8. The minimum Gasteiger partial charge on any atom is -0.508 e. The van der Waals surface area contributed by atoms with E-state index in [-0.39, 0.29) is 29.0 Å². The number of carbonyl (C=O) groups excluding carboxylic acids is 1. The first-order valence-corrected chi connectivity index (χ1v) is 8.78. The van der Waals surface area contributed by atoms with E-state index >= 15 is 0 Å². The third-order valence-electron chi connectivity index (χ3n) is 4.86. The number of phenolic OH excluding ortho intramolecular Hbond substituents is 2. The number of aromatic hydroxyl groups is 2. The molecule has 4 aromatic carbocycles. The van der Waals surface area contributed by atoms with Crippen LogP contribution in [0.3, 0.4) is 0 Å². The van der Waals surface area contributed by atoms with E-state index in [9.17, 15) is 15.0 Å². The summed E-state index contributed by atoms with van der Waals surface area (Å²) in [5.74, 6) is -0.455. The number of rotatable bonds is 3. The normalized spacial score (nSPS) is 12.2. The summed E-state index contributed by atoms with van der Waals surface area (Å²) in [6, 6.07) is 21.8. The molecular weight excluding hydrogens is 338 g/mol. The fourth-order valence-corrected chi connectivity index (χ4v) is 3.46. The second-order valence-electron chi connectivity index (χ2n) is 6.63. The van der Waals surface area contributed by atoms with Gasteiger partial charge in [0.15, 0.2) is 0 Å². The van der Waals surface area contributed by atoms with Crippen molar-refractivity contribution in [1.29, 1.82) is 0 Å². The number of phenols is 2. The fourth-order valence-electron chi connectivity index (χ4n) is 3.46. The molecule has 0 saturated carbocycles. The van der Waals surface area contributed by atoms with Gasteiger partial charge in [-0.3, -0.25) is 4.79 Å². The van der Waals surface area contributed by atoms with Crippen LogP contribution in [0, 0.1) is 0 Å². The Hall–Kier alpha value is -3.53. The number of hydrogen-bond donors (Lipinski definition) is 3. The second-order valence-corrected chi connectivity index (χ2v) is 6.63. The molecule has 0 aliphatic carbocycles. The SMILES string of the molecule is C[C@@H](NC(=O)c1ccc2ccc(O)cc2c1O)c1cccc2ccccc12. The van der Waals surface area contributed by atoms with Gasteiger partial charge in [0, 0.05) is 5.39 Å². The van der Waals surface area contributed by atoms with Crippen LogP contribution < -0.4 is 5.32 Å². The predicted molar refractivity (Wildman–Crippen MR) is 107 cm³/mol. The van der Waals surface area contributed by atoms with Crippen molar-refractivity contribution >= 4 is 27.5 Å². The molecule has 3 N–H and O–H groups in total. The summed E-state index contributed by atoms with van der Waals surface area (Å²) in [7, 11) is 0. The summed E-state index contributed by atoms with van der Waals surface area (Å²) in [6.45, 7) is 1.92. The highest BCUT2D eigenvalue weighted by atomic mass is 16.3. The van der Waals surface area contributed by atoms with Crippen molar-refractivity contribution in [2.45, 2.75) is 13.0 Å². The average Bonchev–Trinajstić information content (AvgIpc) is 2.68. The highest BCUT2D eigenvalue weighted by Crippen LogP contribution is 2.32. The van der Waals surface area contributed by atoms with Crippen LogP contribution in [0.5, 0.6) is 11.5 Å². The smallest absolute Gasteiger partial charge is 0.255 e. The Morgan fingerprint density at radius 1 is 0.852 bits per heavy atom. The molecule has 0 heterocycles. The van der Waals surface area contributed by atoms with Gasteiger partial charge in [0.1, 0.15) is 11.5 Å². The lowest BCUT2D eigenvalue weighted by Gasteiger charge is -2.17. The topological polar surface area (TPSA) is 69.6 Å². The maximum atomic E-state index is 12.8. The summed E-state index contributed by atoms with van der Waals surface area (Å²) >= 11 is 0. The van der Waals surface area contributed by atoms with Gasteiger partial charge in [-0.05, 0) is 46.8 Å². The molecule has 4 aromatic rings. The van der Waals surface area contributed by atoms with Gasteiger partial charge in [-0.2, -0.15) is 0 Å². The van der Waals surface area contributed by atoms with E-state index in [1.165, 1.54) is 6.07 Å².